The summed E-state index contributed by atoms with van der Waals surface area (Å²) in [6, 6.07) is 8.42. The van der Waals surface area contributed by atoms with Gasteiger partial charge in [-0.3, -0.25) is 0 Å². The van der Waals surface area contributed by atoms with Gasteiger partial charge in [0.15, 0.2) is 0 Å². The fraction of sp³-hybridized carbons (Fsp3) is 0.417. The molecule has 1 saturated carbocycles. The summed E-state index contributed by atoms with van der Waals surface area (Å²) in [5.41, 5.74) is 0. The molecule has 2 rings (SSSR count). The predicted octanol–water partition coefficient (Wildman–Crippen LogP) is 2.01. The molecule has 1 aromatic carbocycles. The van der Waals surface area contributed by atoms with Crippen molar-refractivity contribution in [1.29, 1.82) is 0 Å². The van der Waals surface area contributed by atoms with Crippen LogP contribution in [0.5, 0.6) is 0 Å². The number of rotatable bonds is 3. The van der Waals surface area contributed by atoms with Crippen LogP contribution in [0.1, 0.15) is 25.7 Å². The molecule has 92 valence electrons. The van der Waals surface area contributed by atoms with Crippen LogP contribution in [0.2, 0.25) is 4.82 Å². The van der Waals surface area contributed by atoms with Gasteiger partial charge in [-0.25, -0.2) is 0 Å². The minimum atomic E-state index is -3.25. The fourth-order valence-electron chi connectivity index (χ4n) is 1.85. The van der Waals surface area contributed by atoms with Crippen molar-refractivity contribution in [3.05, 3.63) is 30.3 Å². The first kappa shape index (κ1) is 12.8. The normalized spacial score (nSPS) is 21.4. The summed E-state index contributed by atoms with van der Waals surface area (Å²) in [4.78, 5) is 11.8. The first-order chi connectivity index (χ1) is 8.09. The molecule has 0 N–H and O–H groups in total. The van der Waals surface area contributed by atoms with Crippen LogP contribution in [0, 0.1) is 0 Å². The molecule has 5 heteroatoms. The zero-order valence-corrected chi connectivity index (χ0v) is 11.9. The van der Waals surface area contributed by atoms with E-state index in [0.29, 0.717) is 11.3 Å². The number of hydrogen-bond acceptors (Lipinski definition) is 3. The quantitative estimate of drug-likeness (QED) is 0.801. The molecule has 0 aliphatic heterocycles. The van der Waals surface area contributed by atoms with Crippen molar-refractivity contribution < 1.29 is 13.2 Å². The number of carbonyl (C=O) groups is 1. The third kappa shape index (κ3) is 3.18. The first-order valence-electron chi connectivity index (χ1n) is 5.61. The van der Waals surface area contributed by atoms with E-state index in [-0.39, 0.29) is 10.6 Å². The van der Waals surface area contributed by atoms with E-state index in [1.165, 1.54) is 0 Å². The number of hydrogen-bond donors (Lipinski definition) is 0. The first-order valence-corrected chi connectivity index (χ1v) is 10.1. The Labute approximate surface area is 107 Å². The van der Waals surface area contributed by atoms with E-state index >= 15 is 0 Å². The zero-order valence-electron chi connectivity index (χ0n) is 9.33. The third-order valence-electron chi connectivity index (χ3n) is 2.77. The summed E-state index contributed by atoms with van der Waals surface area (Å²) < 4.78 is 24.2. The topological polar surface area (TPSA) is 51.2 Å². The Balaban J connectivity index is 2.15. The van der Waals surface area contributed by atoms with Crippen molar-refractivity contribution in [3.63, 3.8) is 0 Å². The average Bonchev–Trinajstić information content (AvgIpc) is 2.33. The molecular weight excluding hydrogens is 303 g/mol. The SMILES string of the molecule is O=C1CCCCC1[Se]S(=O)(=O)c1ccccc1. The number of benzene rings is 1. The van der Waals surface area contributed by atoms with Gasteiger partial charge in [0, 0.05) is 0 Å². The molecule has 0 spiro atoms. The number of carbonyl (C=O) groups excluding carboxylic acids is 1. The van der Waals surface area contributed by atoms with Gasteiger partial charge in [-0.15, -0.1) is 0 Å². The van der Waals surface area contributed by atoms with Gasteiger partial charge < -0.3 is 0 Å². The van der Waals surface area contributed by atoms with Crippen LogP contribution >= 0.6 is 0 Å². The second kappa shape index (κ2) is 5.34. The Hall–Kier alpha value is -0.641. The molecule has 17 heavy (non-hydrogen) atoms. The monoisotopic (exact) mass is 318 g/mol. The molecule has 0 heterocycles. The van der Waals surface area contributed by atoms with E-state index in [0.717, 1.165) is 19.3 Å². The van der Waals surface area contributed by atoms with E-state index in [2.05, 4.69) is 0 Å². The molecule has 1 aliphatic carbocycles. The van der Waals surface area contributed by atoms with Crippen LogP contribution in [0.25, 0.3) is 0 Å². The van der Waals surface area contributed by atoms with Crippen LogP contribution in [0.4, 0.5) is 0 Å². The van der Waals surface area contributed by atoms with Gasteiger partial charge in [0.25, 0.3) is 0 Å². The van der Waals surface area contributed by atoms with Crippen molar-refractivity contribution in [2.45, 2.75) is 35.4 Å². The van der Waals surface area contributed by atoms with E-state index in [4.69, 9.17) is 0 Å². The summed E-state index contributed by atoms with van der Waals surface area (Å²) in [6.07, 6.45) is 3.18. The number of ketones is 1. The molecule has 0 radical (unpaired) electrons. The van der Waals surface area contributed by atoms with Crippen molar-refractivity contribution in [1.82, 2.24) is 0 Å². The fourth-order valence-corrected chi connectivity index (χ4v) is 8.16. The average molecular weight is 317 g/mol. The molecule has 0 amide bonds. The molecule has 1 aromatic rings. The van der Waals surface area contributed by atoms with Gasteiger partial charge in [-0.2, -0.15) is 0 Å². The molecule has 3 nitrogen and oxygen atoms in total. The van der Waals surface area contributed by atoms with Crippen LogP contribution in [0.15, 0.2) is 35.2 Å². The summed E-state index contributed by atoms with van der Waals surface area (Å²) in [5.74, 6) is 0.135. The van der Waals surface area contributed by atoms with Crippen molar-refractivity contribution in [2.24, 2.45) is 0 Å². The third-order valence-corrected chi connectivity index (χ3v) is 9.42. The Kier molecular flexibility index (Phi) is 4.02. The summed E-state index contributed by atoms with van der Waals surface area (Å²) in [6.45, 7) is 0. The summed E-state index contributed by atoms with van der Waals surface area (Å²) >= 11 is -0.661. The molecular formula is C12H14O3SSe. The van der Waals surface area contributed by atoms with Gasteiger partial charge >= 0.3 is 107 Å². The van der Waals surface area contributed by atoms with Gasteiger partial charge in [0.1, 0.15) is 0 Å². The predicted molar refractivity (Wildman–Crippen MR) is 66.6 cm³/mol. The van der Waals surface area contributed by atoms with Gasteiger partial charge in [0.05, 0.1) is 0 Å². The van der Waals surface area contributed by atoms with Gasteiger partial charge in [-0.05, 0) is 0 Å². The van der Waals surface area contributed by atoms with E-state index in [9.17, 15) is 13.2 Å². The summed E-state index contributed by atoms with van der Waals surface area (Å²) in [7, 11) is -3.25. The molecule has 1 fully saturated rings. The molecule has 0 aromatic heterocycles. The Bertz CT molecular complexity index is 496. The summed E-state index contributed by atoms with van der Waals surface area (Å²) in [5, 5.41) is 0. The second-order valence-electron chi connectivity index (χ2n) is 4.06. The van der Waals surface area contributed by atoms with Crippen molar-refractivity contribution >= 4 is 27.9 Å². The molecule has 1 unspecified atom stereocenters. The standard InChI is InChI=1S/C12H14O3SSe/c13-11-8-4-5-9-12(11)17-16(14,15)10-6-2-1-3-7-10/h1-3,6-7,12H,4-5,8-9H2. The van der Waals surface area contributed by atoms with Crippen molar-refractivity contribution in [3.8, 4) is 0 Å². The Morgan fingerprint density at radius 3 is 2.47 bits per heavy atom. The van der Waals surface area contributed by atoms with Gasteiger partial charge in [0.2, 0.25) is 0 Å². The maximum absolute atomic E-state index is 12.1. The molecule has 1 atom stereocenters. The second-order valence-corrected chi connectivity index (χ2v) is 10.8. The number of Topliss-reactive ketones (excluding diaryl/α,β-unsaturated/α-hetero) is 1. The maximum atomic E-state index is 12.1. The zero-order chi connectivity index (χ0) is 12.3. The van der Waals surface area contributed by atoms with Crippen LogP contribution in [0.3, 0.4) is 0 Å². The van der Waals surface area contributed by atoms with Crippen LogP contribution in [-0.4, -0.2) is 28.0 Å². The molecule has 0 saturated heterocycles. The van der Waals surface area contributed by atoms with Crippen LogP contribution < -0.4 is 0 Å². The minimum absolute atomic E-state index is 0.135. The molecule has 1 aliphatic rings. The van der Waals surface area contributed by atoms with Gasteiger partial charge in [-0.1, -0.05) is 0 Å². The Morgan fingerprint density at radius 1 is 1.12 bits per heavy atom. The Morgan fingerprint density at radius 2 is 1.82 bits per heavy atom. The van der Waals surface area contributed by atoms with Crippen molar-refractivity contribution in [2.75, 3.05) is 0 Å². The van der Waals surface area contributed by atoms with E-state index in [1.807, 2.05) is 0 Å². The molecule has 0 bridgehead atoms. The van der Waals surface area contributed by atoms with Crippen LogP contribution in [-0.2, 0) is 13.0 Å². The van der Waals surface area contributed by atoms with E-state index < -0.39 is 22.1 Å². The van der Waals surface area contributed by atoms with E-state index in [1.54, 1.807) is 30.3 Å².